The maximum Gasteiger partial charge on any atom is 0.131 e. The van der Waals surface area contributed by atoms with Gasteiger partial charge in [-0.1, -0.05) is 44.2 Å². The van der Waals surface area contributed by atoms with E-state index in [1.807, 2.05) is 11.7 Å². The summed E-state index contributed by atoms with van der Waals surface area (Å²) in [6, 6.07) is 11.2. The molecule has 1 aliphatic heterocycles. The lowest BCUT2D eigenvalue weighted by molar-refractivity contribution is 0.122. The van der Waals surface area contributed by atoms with Crippen LogP contribution in [-0.2, 0) is 18.3 Å². The lowest BCUT2D eigenvalue weighted by atomic mass is 10.0. The number of rotatable bonds is 9. The first-order valence-electron chi connectivity index (χ1n) is 10.5. The number of benzene rings is 1. The molecule has 0 spiro atoms. The van der Waals surface area contributed by atoms with Crippen molar-refractivity contribution in [1.82, 2.24) is 20.0 Å². The van der Waals surface area contributed by atoms with E-state index >= 15 is 0 Å². The number of ether oxygens (including phenoxy) is 1. The number of hydrogen-bond acceptors (Lipinski definition) is 5. The Kier molecular flexibility index (Phi) is 7.48. The molecule has 28 heavy (non-hydrogen) atoms. The zero-order valence-electron chi connectivity index (χ0n) is 17.8. The highest BCUT2D eigenvalue weighted by atomic mass is 16.5. The van der Waals surface area contributed by atoms with Crippen LogP contribution in [0.25, 0.3) is 0 Å². The van der Waals surface area contributed by atoms with Crippen molar-refractivity contribution in [1.29, 1.82) is 0 Å². The Morgan fingerprint density at radius 1 is 1.14 bits per heavy atom. The molecule has 1 unspecified atom stereocenters. The van der Waals surface area contributed by atoms with E-state index in [1.54, 1.807) is 0 Å². The van der Waals surface area contributed by atoms with Crippen LogP contribution in [0, 0.1) is 6.92 Å². The molecule has 1 aromatic heterocycles. The monoisotopic (exact) mass is 385 g/mol. The second-order valence-corrected chi connectivity index (χ2v) is 7.39. The van der Waals surface area contributed by atoms with Crippen LogP contribution in [-0.4, -0.2) is 60.6 Å². The molecule has 1 N–H and O–H groups in total. The standard InChI is InChI=1S/C22H35N5O/c1-5-26(6-2)21(19-10-8-7-9-11-19)17-23-16-20-18(3)24-25(4)22(20)27-12-14-28-15-13-27/h7-11,21,23H,5-6,12-17H2,1-4H3. The molecule has 0 radical (unpaired) electrons. The van der Waals surface area contributed by atoms with Crippen LogP contribution in [0.5, 0.6) is 0 Å². The summed E-state index contributed by atoms with van der Waals surface area (Å²) in [5.41, 5.74) is 3.78. The van der Waals surface area contributed by atoms with Gasteiger partial charge in [-0.25, -0.2) is 0 Å². The number of morpholine rings is 1. The fraction of sp³-hybridized carbons (Fsp3) is 0.591. The number of hydrogen-bond donors (Lipinski definition) is 1. The molecule has 0 aliphatic carbocycles. The molecule has 154 valence electrons. The van der Waals surface area contributed by atoms with Gasteiger partial charge in [0.05, 0.1) is 18.9 Å². The van der Waals surface area contributed by atoms with Crippen molar-refractivity contribution in [2.45, 2.75) is 33.4 Å². The molecule has 1 aromatic carbocycles. The highest BCUT2D eigenvalue weighted by molar-refractivity contribution is 5.50. The molecule has 3 rings (SSSR count). The summed E-state index contributed by atoms with van der Waals surface area (Å²) in [7, 11) is 2.05. The van der Waals surface area contributed by atoms with E-state index in [9.17, 15) is 0 Å². The Hall–Kier alpha value is -1.89. The summed E-state index contributed by atoms with van der Waals surface area (Å²) in [4.78, 5) is 4.92. The molecular weight excluding hydrogens is 350 g/mol. The highest BCUT2D eigenvalue weighted by Gasteiger charge is 2.22. The fourth-order valence-electron chi connectivity index (χ4n) is 4.20. The van der Waals surface area contributed by atoms with Gasteiger partial charge in [-0.15, -0.1) is 0 Å². The third-order valence-corrected chi connectivity index (χ3v) is 5.70. The van der Waals surface area contributed by atoms with E-state index in [1.165, 1.54) is 16.9 Å². The predicted octanol–water partition coefficient (Wildman–Crippen LogP) is 2.74. The van der Waals surface area contributed by atoms with Crippen molar-refractivity contribution in [2.75, 3.05) is 50.8 Å². The Labute approximate surface area is 169 Å². The largest absolute Gasteiger partial charge is 0.378 e. The van der Waals surface area contributed by atoms with E-state index in [2.05, 4.69) is 66.2 Å². The number of nitrogens with one attached hydrogen (secondary N) is 1. The summed E-state index contributed by atoms with van der Waals surface area (Å²) in [6.45, 7) is 13.9. The average Bonchev–Trinajstić information content (AvgIpc) is 3.02. The molecule has 6 heteroatoms. The van der Waals surface area contributed by atoms with Gasteiger partial charge in [0.1, 0.15) is 5.82 Å². The lowest BCUT2D eigenvalue weighted by Crippen LogP contribution is -2.38. The van der Waals surface area contributed by atoms with E-state index < -0.39 is 0 Å². The zero-order chi connectivity index (χ0) is 19.9. The highest BCUT2D eigenvalue weighted by Crippen LogP contribution is 2.25. The number of aromatic nitrogens is 2. The van der Waals surface area contributed by atoms with E-state index in [-0.39, 0.29) is 0 Å². The maximum absolute atomic E-state index is 5.53. The van der Waals surface area contributed by atoms with Gasteiger partial charge < -0.3 is 15.0 Å². The van der Waals surface area contributed by atoms with Crippen LogP contribution >= 0.6 is 0 Å². The summed E-state index contributed by atoms with van der Waals surface area (Å²) in [5, 5.41) is 8.42. The molecule has 6 nitrogen and oxygen atoms in total. The number of aryl methyl sites for hydroxylation is 2. The Morgan fingerprint density at radius 3 is 2.46 bits per heavy atom. The van der Waals surface area contributed by atoms with Crippen LogP contribution in [0.1, 0.15) is 36.7 Å². The van der Waals surface area contributed by atoms with Crippen LogP contribution in [0.15, 0.2) is 30.3 Å². The Balaban J connectivity index is 1.72. The van der Waals surface area contributed by atoms with Crippen LogP contribution in [0.2, 0.25) is 0 Å². The second-order valence-electron chi connectivity index (χ2n) is 7.39. The molecule has 1 saturated heterocycles. The van der Waals surface area contributed by atoms with Crippen molar-refractivity contribution >= 4 is 5.82 Å². The van der Waals surface area contributed by atoms with Crippen LogP contribution in [0.3, 0.4) is 0 Å². The summed E-state index contributed by atoms with van der Waals surface area (Å²) >= 11 is 0. The Bertz CT molecular complexity index is 720. The van der Waals surface area contributed by atoms with Crippen molar-refractivity contribution in [3.8, 4) is 0 Å². The number of likely N-dealkylation sites (N-methyl/N-ethyl adjacent to an activating group) is 1. The van der Waals surface area contributed by atoms with E-state index in [4.69, 9.17) is 9.84 Å². The fourth-order valence-corrected chi connectivity index (χ4v) is 4.20. The van der Waals surface area contributed by atoms with Gasteiger partial charge in [-0.2, -0.15) is 5.10 Å². The van der Waals surface area contributed by atoms with Gasteiger partial charge in [0.2, 0.25) is 0 Å². The minimum absolute atomic E-state index is 0.375. The Morgan fingerprint density at radius 2 is 1.82 bits per heavy atom. The number of nitrogens with zero attached hydrogens (tertiary/aromatic N) is 4. The lowest BCUT2D eigenvalue weighted by Gasteiger charge is -2.31. The quantitative estimate of drug-likeness (QED) is 0.719. The first-order valence-corrected chi connectivity index (χ1v) is 10.5. The molecular formula is C22H35N5O. The first-order chi connectivity index (χ1) is 13.7. The van der Waals surface area contributed by atoms with Gasteiger partial charge in [0.15, 0.2) is 0 Å². The SMILES string of the molecule is CCN(CC)C(CNCc1c(C)nn(C)c1N1CCOCC1)c1ccccc1. The second kappa shape index (κ2) is 10.0. The minimum atomic E-state index is 0.375. The third kappa shape index (κ3) is 4.74. The number of anilines is 1. The van der Waals surface area contributed by atoms with Gasteiger partial charge in [0.25, 0.3) is 0 Å². The van der Waals surface area contributed by atoms with E-state index in [0.717, 1.165) is 58.2 Å². The topological polar surface area (TPSA) is 45.6 Å². The molecule has 0 amide bonds. The minimum Gasteiger partial charge on any atom is -0.378 e. The third-order valence-electron chi connectivity index (χ3n) is 5.70. The van der Waals surface area contributed by atoms with Gasteiger partial charge >= 0.3 is 0 Å². The van der Waals surface area contributed by atoms with Crippen molar-refractivity contribution in [3.63, 3.8) is 0 Å². The molecule has 1 aliphatic rings. The summed E-state index contributed by atoms with van der Waals surface area (Å²) < 4.78 is 7.55. The average molecular weight is 386 g/mol. The molecule has 1 fully saturated rings. The van der Waals surface area contributed by atoms with E-state index in [0.29, 0.717) is 6.04 Å². The molecule has 1 atom stereocenters. The van der Waals surface area contributed by atoms with Crippen molar-refractivity contribution in [3.05, 3.63) is 47.2 Å². The van der Waals surface area contributed by atoms with Crippen molar-refractivity contribution in [2.24, 2.45) is 7.05 Å². The molecule has 0 saturated carbocycles. The molecule has 2 aromatic rings. The normalized spacial score (nSPS) is 16.0. The zero-order valence-corrected chi connectivity index (χ0v) is 17.8. The van der Waals surface area contributed by atoms with Crippen LogP contribution in [0.4, 0.5) is 5.82 Å². The smallest absolute Gasteiger partial charge is 0.131 e. The van der Waals surface area contributed by atoms with Gasteiger partial charge in [0, 0.05) is 44.8 Å². The molecule has 0 bridgehead atoms. The summed E-state index contributed by atoms with van der Waals surface area (Å²) in [6.07, 6.45) is 0. The van der Waals surface area contributed by atoms with Crippen LogP contribution < -0.4 is 10.2 Å². The predicted molar refractivity (Wildman–Crippen MR) is 115 cm³/mol. The van der Waals surface area contributed by atoms with Gasteiger partial charge in [-0.05, 0) is 25.6 Å². The first kappa shape index (κ1) is 20.8. The maximum atomic E-state index is 5.53. The summed E-state index contributed by atoms with van der Waals surface area (Å²) in [5.74, 6) is 1.23. The molecule has 2 heterocycles. The van der Waals surface area contributed by atoms with Gasteiger partial charge in [-0.3, -0.25) is 9.58 Å². The van der Waals surface area contributed by atoms with Crippen molar-refractivity contribution < 1.29 is 4.74 Å².